The van der Waals surface area contributed by atoms with Gasteiger partial charge in [0.25, 0.3) is 0 Å². The predicted octanol–water partition coefficient (Wildman–Crippen LogP) is 3.29. The molecule has 0 saturated heterocycles. The lowest BCUT2D eigenvalue weighted by molar-refractivity contribution is 0.284. The topological polar surface area (TPSA) is 42.4 Å². The molecule has 5 heteroatoms. The van der Waals surface area contributed by atoms with Gasteiger partial charge in [-0.1, -0.05) is 12.1 Å². The molecule has 1 N–H and O–H groups in total. The number of aromatic nitrogens is 1. The molecule has 0 aliphatic heterocycles. The van der Waals surface area contributed by atoms with Gasteiger partial charge in [-0.3, -0.25) is 0 Å². The summed E-state index contributed by atoms with van der Waals surface area (Å²) in [4.78, 5) is 5.24. The van der Waals surface area contributed by atoms with Crippen molar-refractivity contribution in [3.8, 4) is 5.75 Å². The van der Waals surface area contributed by atoms with Crippen LogP contribution in [0.15, 0.2) is 28.7 Å². The van der Waals surface area contributed by atoms with E-state index in [4.69, 9.17) is 9.84 Å². The summed E-state index contributed by atoms with van der Waals surface area (Å²) >= 11 is 4.90. The molecule has 1 heterocycles. The van der Waals surface area contributed by atoms with Gasteiger partial charge in [0.1, 0.15) is 17.4 Å². The molecule has 2 rings (SSSR count). The van der Waals surface area contributed by atoms with Crippen LogP contribution < -0.4 is 4.74 Å². The second kappa shape index (κ2) is 5.62. The predicted molar refractivity (Wildman–Crippen MR) is 71.2 cm³/mol. The lowest BCUT2D eigenvalue weighted by atomic mass is 10.3. The first-order valence-corrected chi connectivity index (χ1v) is 6.75. The number of rotatable bonds is 4. The van der Waals surface area contributed by atoms with Crippen LogP contribution in [0.25, 0.3) is 0 Å². The molecule has 0 aliphatic carbocycles. The quantitative estimate of drug-likeness (QED) is 0.942. The molecule has 0 atom stereocenters. The molecule has 90 valence electrons. The molecule has 1 aromatic heterocycles. The average molecular weight is 314 g/mol. The smallest absolute Gasteiger partial charge is 0.140 e. The average Bonchev–Trinajstić information content (AvgIpc) is 2.69. The van der Waals surface area contributed by atoms with Crippen LogP contribution >= 0.6 is 27.3 Å². The van der Waals surface area contributed by atoms with Crippen LogP contribution in [0.5, 0.6) is 5.75 Å². The van der Waals surface area contributed by atoms with E-state index in [0.29, 0.717) is 6.61 Å². The number of hydrogen-bond acceptors (Lipinski definition) is 4. The number of thiazole rings is 1. The fourth-order valence-corrected chi connectivity index (χ4v) is 2.64. The molecular formula is C12H12BrNO2S. The summed E-state index contributed by atoms with van der Waals surface area (Å²) in [6, 6.07) is 7.69. The van der Waals surface area contributed by atoms with Gasteiger partial charge in [-0.2, -0.15) is 0 Å². The van der Waals surface area contributed by atoms with Crippen LogP contribution in [0, 0.1) is 6.92 Å². The van der Waals surface area contributed by atoms with Crippen molar-refractivity contribution in [3.05, 3.63) is 44.3 Å². The Morgan fingerprint density at radius 1 is 1.41 bits per heavy atom. The van der Waals surface area contributed by atoms with Crippen molar-refractivity contribution >= 4 is 27.3 Å². The highest BCUT2D eigenvalue weighted by Gasteiger charge is 2.07. The van der Waals surface area contributed by atoms with Crippen LogP contribution in [-0.4, -0.2) is 10.1 Å². The SMILES string of the molecule is Cc1nc(COc2ccccc2Br)sc1CO. The Hall–Kier alpha value is -0.910. The largest absolute Gasteiger partial charge is 0.485 e. The molecule has 0 aliphatic rings. The van der Waals surface area contributed by atoms with Crippen LogP contribution in [0.4, 0.5) is 0 Å². The zero-order valence-corrected chi connectivity index (χ0v) is 11.7. The first-order chi connectivity index (χ1) is 8.20. The number of aryl methyl sites for hydroxylation is 1. The van der Waals surface area contributed by atoms with E-state index in [1.807, 2.05) is 31.2 Å². The highest BCUT2D eigenvalue weighted by Crippen LogP contribution is 2.26. The van der Waals surface area contributed by atoms with E-state index < -0.39 is 0 Å². The van der Waals surface area contributed by atoms with Gasteiger partial charge >= 0.3 is 0 Å². The molecular weight excluding hydrogens is 302 g/mol. The van der Waals surface area contributed by atoms with Gasteiger partial charge in [0, 0.05) is 0 Å². The van der Waals surface area contributed by atoms with Crippen molar-refractivity contribution in [2.75, 3.05) is 0 Å². The third-order valence-corrected chi connectivity index (χ3v) is 4.04. The maximum Gasteiger partial charge on any atom is 0.140 e. The van der Waals surface area contributed by atoms with Crippen LogP contribution in [-0.2, 0) is 13.2 Å². The Morgan fingerprint density at radius 3 is 2.82 bits per heavy atom. The second-order valence-corrected chi connectivity index (χ2v) is 5.52. The lowest BCUT2D eigenvalue weighted by Gasteiger charge is -2.05. The maximum absolute atomic E-state index is 9.08. The third kappa shape index (κ3) is 3.06. The van der Waals surface area contributed by atoms with E-state index in [1.54, 1.807) is 0 Å². The number of aliphatic hydroxyl groups is 1. The van der Waals surface area contributed by atoms with Crippen LogP contribution in [0.2, 0.25) is 0 Å². The first kappa shape index (κ1) is 12.5. The Balaban J connectivity index is 2.05. The van der Waals surface area contributed by atoms with E-state index in [9.17, 15) is 0 Å². The third-order valence-electron chi connectivity index (χ3n) is 2.27. The van der Waals surface area contributed by atoms with Gasteiger partial charge < -0.3 is 9.84 Å². The summed E-state index contributed by atoms with van der Waals surface area (Å²) in [5, 5.41) is 9.96. The molecule has 0 bridgehead atoms. The number of halogens is 1. The zero-order chi connectivity index (χ0) is 12.3. The van der Waals surface area contributed by atoms with Crippen molar-refractivity contribution in [1.82, 2.24) is 4.98 Å². The molecule has 2 aromatic rings. The highest BCUT2D eigenvalue weighted by atomic mass is 79.9. The summed E-state index contributed by atoms with van der Waals surface area (Å²) in [6.45, 7) is 2.36. The van der Waals surface area contributed by atoms with Gasteiger partial charge in [0.2, 0.25) is 0 Å². The molecule has 0 saturated carbocycles. The van der Waals surface area contributed by atoms with Crippen LogP contribution in [0.3, 0.4) is 0 Å². The van der Waals surface area contributed by atoms with Gasteiger partial charge in [-0.05, 0) is 35.0 Å². The fraction of sp³-hybridized carbons (Fsp3) is 0.250. The van der Waals surface area contributed by atoms with E-state index >= 15 is 0 Å². The first-order valence-electron chi connectivity index (χ1n) is 5.14. The van der Waals surface area contributed by atoms with Crippen molar-refractivity contribution in [3.63, 3.8) is 0 Å². The number of aliphatic hydroxyl groups excluding tert-OH is 1. The number of para-hydroxylation sites is 1. The van der Waals surface area contributed by atoms with E-state index in [1.165, 1.54) is 11.3 Å². The minimum atomic E-state index is 0.0402. The van der Waals surface area contributed by atoms with Gasteiger partial charge in [0.05, 0.1) is 21.7 Å². The van der Waals surface area contributed by atoms with Gasteiger partial charge in [-0.15, -0.1) is 11.3 Å². The van der Waals surface area contributed by atoms with Crippen molar-refractivity contribution in [2.24, 2.45) is 0 Å². The Bertz CT molecular complexity index is 513. The van der Waals surface area contributed by atoms with Crippen molar-refractivity contribution in [1.29, 1.82) is 0 Å². The monoisotopic (exact) mass is 313 g/mol. The Morgan fingerprint density at radius 2 is 2.18 bits per heavy atom. The van der Waals surface area contributed by atoms with Crippen molar-refractivity contribution in [2.45, 2.75) is 20.1 Å². The summed E-state index contributed by atoms with van der Waals surface area (Å²) in [5.74, 6) is 0.797. The molecule has 1 aromatic carbocycles. The highest BCUT2D eigenvalue weighted by molar-refractivity contribution is 9.10. The number of ether oxygens (including phenoxy) is 1. The fourth-order valence-electron chi connectivity index (χ4n) is 1.40. The van der Waals surface area contributed by atoms with Gasteiger partial charge in [-0.25, -0.2) is 4.98 Å². The number of benzene rings is 1. The van der Waals surface area contributed by atoms with E-state index in [0.717, 1.165) is 25.8 Å². The number of hydrogen-bond donors (Lipinski definition) is 1. The molecule has 0 spiro atoms. The Labute approximate surface area is 112 Å². The summed E-state index contributed by atoms with van der Waals surface area (Å²) < 4.78 is 6.58. The zero-order valence-electron chi connectivity index (χ0n) is 9.31. The number of nitrogens with zero attached hydrogens (tertiary/aromatic N) is 1. The molecule has 17 heavy (non-hydrogen) atoms. The minimum absolute atomic E-state index is 0.0402. The Kier molecular flexibility index (Phi) is 4.15. The summed E-state index contributed by atoms with van der Waals surface area (Å²) in [5.41, 5.74) is 0.878. The minimum Gasteiger partial charge on any atom is -0.485 e. The standard InChI is InChI=1S/C12H12BrNO2S/c1-8-11(6-15)17-12(14-8)7-16-10-5-3-2-4-9(10)13/h2-5,15H,6-7H2,1H3. The van der Waals surface area contributed by atoms with Crippen LogP contribution in [0.1, 0.15) is 15.6 Å². The van der Waals surface area contributed by atoms with Gasteiger partial charge in [0.15, 0.2) is 0 Å². The maximum atomic E-state index is 9.08. The normalized spacial score (nSPS) is 10.5. The molecule has 3 nitrogen and oxygen atoms in total. The summed E-state index contributed by atoms with van der Waals surface area (Å²) in [6.07, 6.45) is 0. The van der Waals surface area contributed by atoms with Crippen molar-refractivity contribution < 1.29 is 9.84 Å². The van der Waals surface area contributed by atoms with E-state index in [2.05, 4.69) is 20.9 Å². The second-order valence-electron chi connectivity index (χ2n) is 3.49. The van der Waals surface area contributed by atoms with E-state index in [-0.39, 0.29) is 6.61 Å². The lowest BCUT2D eigenvalue weighted by Crippen LogP contribution is -1.95. The molecule has 0 amide bonds. The summed E-state index contributed by atoms with van der Waals surface area (Å²) in [7, 11) is 0. The molecule has 0 fully saturated rings. The molecule has 0 unspecified atom stereocenters. The molecule has 0 radical (unpaired) electrons.